The minimum atomic E-state index is 0.00870. The third-order valence-electron chi connectivity index (χ3n) is 7.60. The molecule has 0 bridgehead atoms. The molecule has 1 fully saturated rings. The second-order valence-electron chi connectivity index (χ2n) is 9.49. The summed E-state index contributed by atoms with van der Waals surface area (Å²) in [4.78, 5) is 15.6. The Labute approximate surface area is 195 Å². The number of aryl methyl sites for hydroxylation is 1. The second-order valence-corrected chi connectivity index (χ2v) is 9.49. The fraction of sp³-hybridized carbons (Fsp3) is 0.519. The first-order valence-corrected chi connectivity index (χ1v) is 12.0. The maximum absolute atomic E-state index is 13.5. The highest BCUT2D eigenvalue weighted by Crippen LogP contribution is 2.52. The summed E-state index contributed by atoms with van der Waals surface area (Å²) in [6.07, 6.45) is 5.74. The highest BCUT2D eigenvalue weighted by Gasteiger charge is 2.46. The van der Waals surface area contributed by atoms with Gasteiger partial charge in [-0.1, -0.05) is 12.8 Å². The molecule has 1 spiro atoms. The molecule has 0 unspecified atom stereocenters. The molecule has 0 radical (unpaired) electrons. The van der Waals surface area contributed by atoms with E-state index in [9.17, 15) is 4.79 Å². The normalized spacial score (nSPS) is 20.5. The van der Waals surface area contributed by atoms with Gasteiger partial charge in [0.15, 0.2) is 11.5 Å². The molecule has 6 nitrogen and oxygen atoms in total. The van der Waals surface area contributed by atoms with Crippen LogP contribution in [0.4, 0.5) is 0 Å². The average molecular weight is 452 g/mol. The van der Waals surface area contributed by atoms with Gasteiger partial charge in [0.25, 0.3) is 0 Å². The van der Waals surface area contributed by atoms with Gasteiger partial charge in [-0.15, -0.1) is 0 Å². The number of rotatable bonds is 5. The summed E-state index contributed by atoms with van der Waals surface area (Å²) in [5.41, 5.74) is 3.63. The van der Waals surface area contributed by atoms with E-state index in [1.807, 2.05) is 18.2 Å². The lowest BCUT2D eigenvalue weighted by molar-refractivity contribution is -0.135. The minimum absolute atomic E-state index is 0.00870. The van der Waals surface area contributed by atoms with Crippen LogP contribution >= 0.6 is 0 Å². The zero-order chi connectivity index (χ0) is 23.0. The van der Waals surface area contributed by atoms with Gasteiger partial charge in [0.2, 0.25) is 5.91 Å². The second kappa shape index (κ2) is 8.81. The third kappa shape index (κ3) is 4.00. The first kappa shape index (κ1) is 21.9. The van der Waals surface area contributed by atoms with Crippen molar-refractivity contribution in [1.82, 2.24) is 4.90 Å². The summed E-state index contributed by atoms with van der Waals surface area (Å²) in [5, 5.41) is 0. The average Bonchev–Trinajstić information content (AvgIpc) is 3.33. The highest BCUT2D eigenvalue weighted by atomic mass is 16.6. The predicted octanol–water partition coefficient (Wildman–Crippen LogP) is 4.82. The van der Waals surface area contributed by atoms with Crippen molar-refractivity contribution in [3.05, 3.63) is 47.0 Å². The molecular formula is C27H33NO5. The van der Waals surface area contributed by atoms with E-state index in [0.29, 0.717) is 26.1 Å². The molecule has 0 N–H and O–H groups in total. The molecule has 6 heteroatoms. The Hall–Kier alpha value is -2.89. The minimum Gasteiger partial charge on any atom is -0.497 e. The maximum Gasteiger partial charge on any atom is 0.223 e. The van der Waals surface area contributed by atoms with Crippen molar-refractivity contribution in [3.8, 4) is 23.0 Å². The zero-order valence-corrected chi connectivity index (χ0v) is 19.8. The third-order valence-corrected chi connectivity index (χ3v) is 7.60. The van der Waals surface area contributed by atoms with Crippen LogP contribution in [-0.4, -0.2) is 44.8 Å². The Kier molecular flexibility index (Phi) is 5.85. The molecule has 2 heterocycles. The topological polar surface area (TPSA) is 57.2 Å². The SMILES string of the molecule is COc1cc(CCC(=O)N2CC3(CCCC3)c3cc4c(cc3[C@H]2C)OCCO4)cc(OC)c1. The van der Waals surface area contributed by atoms with Crippen molar-refractivity contribution >= 4 is 5.91 Å². The van der Waals surface area contributed by atoms with E-state index in [-0.39, 0.29) is 17.4 Å². The highest BCUT2D eigenvalue weighted by molar-refractivity contribution is 5.78. The number of hydrogen-bond donors (Lipinski definition) is 0. The lowest BCUT2D eigenvalue weighted by Crippen LogP contribution is -2.48. The molecule has 33 heavy (non-hydrogen) atoms. The van der Waals surface area contributed by atoms with Gasteiger partial charge >= 0.3 is 0 Å². The van der Waals surface area contributed by atoms with E-state index < -0.39 is 0 Å². The van der Waals surface area contributed by atoms with E-state index in [2.05, 4.69) is 24.0 Å². The van der Waals surface area contributed by atoms with E-state index in [1.165, 1.54) is 24.0 Å². The molecular weight excluding hydrogens is 418 g/mol. The number of carbonyl (C=O) groups excluding carboxylic acids is 1. The van der Waals surface area contributed by atoms with Gasteiger partial charge in [0.05, 0.1) is 20.3 Å². The molecule has 3 aliphatic rings. The van der Waals surface area contributed by atoms with Gasteiger partial charge in [0, 0.05) is 24.4 Å². The van der Waals surface area contributed by atoms with Crippen LogP contribution in [0.15, 0.2) is 30.3 Å². The van der Waals surface area contributed by atoms with Crippen LogP contribution in [0.2, 0.25) is 0 Å². The number of ether oxygens (including phenoxy) is 4. The van der Waals surface area contributed by atoms with Gasteiger partial charge in [-0.25, -0.2) is 0 Å². The molecule has 1 saturated carbocycles. The van der Waals surface area contributed by atoms with Crippen molar-refractivity contribution in [2.24, 2.45) is 0 Å². The van der Waals surface area contributed by atoms with Crippen LogP contribution in [0.1, 0.15) is 61.8 Å². The summed E-state index contributed by atoms with van der Waals surface area (Å²) in [6.45, 7) is 4.08. The summed E-state index contributed by atoms with van der Waals surface area (Å²) in [7, 11) is 3.29. The zero-order valence-electron chi connectivity index (χ0n) is 19.8. The van der Waals surface area contributed by atoms with Crippen molar-refractivity contribution in [2.75, 3.05) is 34.0 Å². The van der Waals surface area contributed by atoms with Crippen molar-refractivity contribution in [1.29, 1.82) is 0 Å². The molecule has 0 aromatic heterocycles. The Morgan fingerprint density at radius 2 is 1.64 bits per heavy atom. The quantitative estimate of drug-likeness (QED) is 0.652. The molecule has 1 aliphatic carbocycles. The number of methoxy groups -OCH3 is 2. The van der Waals surface area contributed by atoms with Crippen LogP contribution in [-0.2, 0) is 16.6 Å². The van der Waals surface area contributed by atoms with Gasteiger partial charge in [-0.05, 0) is 67.1 Å². The Morgan fingerprint density at radius 1 is 1.00 bits per heavy atom. The summed E-state index contributed by atoms with van der Waals surface area (Å²) < 4.78 is 22.6. The van der Waals surface area contributed by atoms with Gasteiger partial charge in [-0.2, -0.15) is 0 Å². The number of benzene rings is 2. The molecule has 2 aromatic rings. The number of nitrogens with zero attached hydrogens (tertiary/aromatic N) is 1. The van der Waals surface area contributed by atoms with Crippen molar-refractivity contribution < 1.29 is 23.7 Å². The molecule has 0 saturated heterocycles. The molecule has 176 valence electrons. The first-order valence-electron chi connectivity index (χ1n) is 12.0. The van der Waals surface area contributed by atoms with Crippen molar-refractivity contribution in [2.45, 2.75) is 56.9 Å². The van der Waals surface area contributed by atoms with Crippen LogP contribution in [0.25, 0.3) is 0 Å². The van der Waals surface area contributed by atoms with Crippen LogP contribution in [0, 0.1) is 0 Å². The number of carbonyl (C=O) groups is 1. The molecule has 5 rings (SSSR count). The van der Waals surface area contributed by atoms with E-state index in [4.69, 9.17) is 18.9 Å². The Balaban J connectivity index is 1.41. The first-order chi connectivity index (χ1) is 16.0. The van der Waals surface area contributed by atoms with Crippen LogP contribution < -0.4 is 18.9 Å². The summed E-state index contributed by atoms with van der Waals surface area (Å²) in [6, 6.07) is 10.1. The van der Waals surface area contributed by atoms with Crippen molar-refractivity contribution in [3.63, 3.8) is 0 Å². The molecule has 1 atom stereocenters. The molecule has 2 aliphatic heterocycles. The van der Waals surface area contributed by atoms with E-state index in [1.54, 1.807) is 14.2 Å². The van der Waals surface area contributed by atoms with Gasteiger partial charge < -0.3 is 23.8 Å². The monoisotopic (exact) mass is 451 g/mol. The number of amides is 1. The standard InChI is InChI=1S/C27H33NO5/c1-18-22-15-24-25(33-11-10-32-24)16-23(22)27(8-4-5-9-27)17-28(18)26(29)7-6-19-12-20(30-2)14-21(13-19)31-3/h12-16,18H,4-11,17H2,1-3H3/t18-/m1/s1. The molecule has 2 aromatic carbocycles. The smallest absolute Gasteiger partial charge is 0.223 e. The Morgan fingerprint density at radius 3 is 2.27 bits per heavy atom. The number of fused-ring (bicyclic) bond motifs is 3. The van der Waals surface area contributed by atoms with E-state index >= 15 is 0 Å². The van der Waals surface area contributed by atoms with Crippen LogP contribution in [0.5, 0.6) is 23.0 Å². The largest absolute Gasteiger partial charge is 0.497 e. The van der Waals surface area contributed by atoms with Gasteiger partial charge in [0.1, 0.15) is 24.7 Å². The lowest BCUT2D eigenvalue weighted by atomic mass is 9.71. The molecule has 1 amide bonds. The number of hydrogen-bond acceptors (Lipinski definition) is 5. The summed E-state index contributed by atoms with van der Waals surface area (Å²) in [5.74, 6) is 3.34. The summed E-state index contributed by atoms with van der Waals surface area (Å²) >= 11 is 0. The Bertz CT molecular complexity index is 1020. The predicted molar refractivity (Wildman–Crippen MR) is 126 cm³/mol. The maximum atomic E-state index is 13.5. The van der Waals surface area contributed by atoms with E-state index in [0.717, 1.165) is 47.9 Å². The fourth-order valence-corrected chi connectivity index (χ4v) is 5.81. The van der Waals surface area contributed by atoms with Crippen LogP contribution in [0.3, 0.4) is 0 Å². The lowest BCUT2D eigenvalue weighted by Gasteiger charge is -2.46. The van der Waals surface area contributed by atoms with Gasteiger partial charge in [-0.3, -0.25) is 4.79 Å². The fourth-order valence-electron chi connectivity index (χ4n) is 5.81.